The first-order chi connectivity index (χ1) is 8.11. The number of carbonyl (C=O) groups is 1. The van der Waals surface area contributed by atoms with Crippen LogP contribution >= 0.6 is 12.4 Å². The van der Waals surface area contributed by atoms with Gasteiger partial charge in [0.1, 0.15) is 0 Å². The van der Waals surface area contributed by atoms with Crippen molar-refractivity contribution in [2.45, 2.75) is 76.8 Å². The van der Waals surface area contributed by atoms with Gasteiger partial charge < -0.3 is 10.6 Å². The largest absolute Gasteiger partial charge is 0.343 e. The summed E-state index contributed by atoms with van der Waals surface area (Å²) in [6.07, 6.45) is 10.3. The van der Waals surface area contributed by atoms with Gasteiger partial charge in [0.15, 0.2) is 0 Å². The average Bonchev–Trinajstić information content (AvgIpc) is 2.24. The van der Waals surface area contributed by atoms with E-state index >= 15 is 0 Å². The molecule has 0 aromatic heterocycles. The monoisotopic (exact) mass is 276 g/mol. The van der Waals surface area contributed by atoms with Gasteiger partial charge in [-0.05, 0) is 26.2 Å². The Morgan fingerprint density at radius 1 is 1.22 bits per heavy atom. The molecular formula is C14H29ClN2O. The molecular weight excluding hydrogens is 248 g/mol. The van der Waals surface area contributed by atoms with E-state index < -0.39 is 0 Å². The van der Waals surface area contributed by atoms with E-state index in [2.05, 4.69) is 0 Å². The predicted octanol–water partition coefficient (Wildman–Crippen LogP) is 3.11. The van der Waals surface area contributed by atoms with Gasteiger partial charge in [0, 0.05) is 25.6 Å². The summed E-state index contributed by atoms with van der Waals surface area (Å²) in [6, 6.07) is 0.598. The summed E-state index contributed by atoms with van der Waals surface area (Å²) in [5.74, 6) is 0.271. The molecule has 1 aliphatic rings. The van der Waals surface area contributed by atoms with E-state index in [0.29, 0.717) is 12.5 Å². The van der Waals surface area contributed by atoms with Crippen LogP contribution in [0.3, 0.4) is 0 Å². The molecule has 0 aromatic carbocycles. The van der Waals surface area contributed by atoms with Crippen LogP contribution < -0.4 is 5.73 Å². The molecule has 2 N–H and O–H groups in total. The highest BCUT2D eigenvalue weighted by Gasteiger charge is 2.20. The van der Waals surface area contributed by atoms with Crippen molar-refractivity contribution in [2.75, 3.05) is 7.05 Å². The van der Waals surface area contributed by atoms with Crippen LogP contribution in [0.5, 0.6) is 0 Å². The van der Waals surface area contributed by atoms with Crippen molar-refractivity contribution in [3.63, 3.8) is 0 Å². The fraction of sp³-hybridized carbons (Fsp3) is 0.929. The summed E-state index contributed by atoms with van der Waals surface area (Å²) < 4.78 is 0. The van der Waals surface area contributed by atoms with Crippen LogP contribution in [0.2, 0.25) is 0 Å². The Morgan fingerprint density at radius 2 is 1.72 bits per heavy atom. The van der Waals surface area contributed by atoms with Crippen LogP contribution in [0.25, 0.3) is 0 Å². The maximum atomic E-state index is 12.0. The molecule has 3 nitrogen and oxygen atoms in total. The number of carbonyl (C=O) groups excluding carboxylic acids is 1. The summed E-state index contributed by atoms with van der Waals surface area (Å²) in [5.41, 5.74) is 5.69. The standard InChI is InChI=1S/C14H28N2O.ClH/c1-12(15)10-11-14(17)16(2)13-8-6-4-3-5-7-9-13;/h12-13H,3-11,15H2,1-2H3;1H. The fourth-order valence-electron chi connectivity index (χ4n) is 2.55. The molecule has 0 saturated heterocycles. The molecule has 1 saturated carbocycles. The molecule has 0 spiro atoms. The number of nitrogens with zero attached hydrogens (tertiary/aromatic N) is 1. The molecule has 1 unspecified atom stereocenters. The predicted molar refractivity (Wildman–Crippen MR) is 79.0 cm³/mol. The van der Waals surface area contributed by atoms with E-state index in [1.807, 2.05) is 18.9 Å². The fourth-order valence-corrected chi connectivity index (χ4v) is 2.55. The molecule has 1 rings (SSSR count). The van der Waals surface area contributed by atoms with E-state index in [1.165, 1.54) is 44.9 Å². The quantitative estimate of drug-likeness (QED) is 0.858. The minimum Gasteiger partial charge on any atom is -0.343 e. The highest BCUT2D eigenvalue weighted by Crippen LogP contribution is 2.21. The molecule has 1 fully saturated rings. The zero-order chi connectivity index (χ0) is 12.7. The van der Waals surface area contributed by atoms with Gasteiger partial charge in [-0.3, -0.25) is 4.79 Å². The lowest BCUT2D eigenvalue weighted by atomic mass is 9.95. The molecule has 0 bridgehead atoms. The maximum absolute atomic E-state index is 12.0. The second kappa shape index (κ2) is 9.62. The van der Waals surface area contributed by atoms with E-state index in [4.69, 9.17) is 5.73 Å². The number of halogens is 1. The topological polar surface area (TPSA) is 46.3 Å². The summed E-state index contributed by atoms with van der Waals surface area (Å²) in [4.78, 5) is 14.0. The molecule has 0 aliphatic heterocycles. The average molecular weight is 277 g/mol. The van der Waals surface area contributed by atoms with Crippen molar-refractivity contribution in [3.05, 3.63) is 0 Å². The first-order valence-electron chi connectivity index (χ1n) is 7.12. The first-order valence-corrected chi connectivity index (χ1v) is 7.12. The van der Waals surface area contributed by atoms with Crippen molar-refractivity contribution < 1.29 is 4.79 Å². The lowest BCUT2D eigenvalue weighted by Crippen LogP contribution is -2.38. The molecule has 18 heavy (non-hydrogen) atoms. The number of nitrogens with two attached hydrogens (primary N) is 1. The molecule has 1 atom stereocenters. The smallest absolute Gasteiger partial charge is 0.222 e. The number of hydrogen-bond donors (Lipinski definition) is 1. The SMILES string of the molecule is CC(N)CCC(=O)N(C)C1CCCCCCC1.Cl. The van der Waals surface area contributed by atoms with Crippen LogP contribution in [0.4, 0.5) is 0 Å². The van der Waals surface area contributed by atoms with Crippen molar-refractivity contribution >= 4 is 18.3 Å². The van der Waals surface area contributed by atoms with Gasteiger partial charge in [-0.1, -0.05) is 32.1 Å². The minimum atomic E-state index is 0. The van der Waals surface area contributed by atoms with Gasteiger partial charge in [-0.25, -0.2) is 0 Å². The minimum absolute atomic E-state index is 0. The normalized spacial score (nSPS) is 19.3. The van der Waals surface area contributed by atoms with E-state index in [0.717, 1.165) is 6.42 Å². The highest BCUT2D eigenvalue weighted by molar-refractivity contribution is 5.85. The summed E-state index contributed by atoms with van der Waals surface area (Å²) in [5, 5.41) is 0. The Labute approximate surface area is 118 Å². The van der Waals surface area contributed by atoms with Crippen LogP contribution in [0.1, 0.15) is 64.7 Å². The summed E-state index contributed by atoms with van der Waals surface area (Å²) in [7, 11) is 1.97. The lowest BCUT2D eigenvalue weighted by molar-refractivity contribution is -0.132. The lowest BCUT2D eigenvalue weighted by Gasteiger charge is -2.30. The Balaban J connectivity index is 0.00000289. The molecule has 108 valence electrons. The second-order valence-corrected chi connectivity index (χ2v) is 5.52. The Kier molecular flexibility index (Phi) is 9.47. The van der Waals surface area contributed by atoms with Gasteiger partial charge in [-0.2, -0.15) is 0 Å². The first kappa shape index (κ1) is 17.7. The molecule has 0 aromatic rings. The molecule has 4 heteroatoms. The molecule has 1 aliphatic carbocycles. The van der Waals surface area contributed by atoms with Crippen molar-refractivity contribution in [1.29, 1.82) is 0 Å². The Morgan fingerprint density at radius 3 is 2.22 bits per heavy atom. The maximum Gasteiger partial charge on any atom is 0.222 e. The van der Waals surface area contributed by atoms with E-state index in [1.54, 1.807) is 0 Å². The van der Waals surface area contributed by atoms with Gasteiger partial charge in [-0.15, -0.1) is 12.4 Å². The third-order valence-electron chi connectivity index (χ3n) is 3.83. The van der Waals surface area contributed by atoms with Gasteiger partial charge in [0.05, 0.1) is 0 Å². The second-order valence-electron chi connectivity index (χ2n) is 5.52. The zero-order valence-corrected chi connectivity index (χ0v) is 12.7. The highest BCUT2D eigenvalue weighted by atomic mass is 35.5. The van der Waals surface area contributed by atoms with Gasteiger partial charge >= 0.3 is 0 Å². The number of hydrogen-bond acceptors (Lipinski definition) is 2. The Hall–Kier alpha value is -0.280. The van der Waals surface area contributed by atoms with E-state index in [9.17, 15) is 4.79 Å². The van der Waals surface area contributed by atoms with Crippen LogP contribution in [-0.4, -0.2) is 29.9 Å². The number of amides is 1. The van der Waals surface area contributed by atoms with Gasteiger partial charge in [0.25, 0.3) is 0 Å². The molecule has 0 radical (unpaired) electrons. The van der Waals surface area contributed by atoms with Gasteiger partial charge in [0.2, 0.25) is 5.91 Å². The Bertz CT molecular complexity index is 226. The van der Waals surface area contributed by atoms with Crippen molar-refractivity contribution in [3.8, 4) is 0 Å². The molecule has 1 amide bonds. The van der Waals surface area contributed by atoms with Crippen LogP contribution in [0, 0.1) is 0 Å². The van der Waals surface area contributed by atoms with E-state index in [-0.39, 0.29) is 24.4 Å². The van der Waals surface area contributed by atoms with Crippen LogP contribution in [0.15, 0.2) is 0 Å². The van der Waals surface area contributed by atoms with Crippen molar-refractivity contribution in [1.82, 2.24) is 4.90 Å². The third kappa shape index (κ3) is 6.60. The van der Waals surface area contributed by atoms with Crippen LogP contribution in [-0.2, 0) is 4.79 Å². The number of rotatable bonds is 4. The summed E-state index contributed by atoms with van der Waals surface area (Å²) in [6.45, 7) is 1.96. The van der Waals surface area contributed by atoms with Crippen molar-refractivity contribution in [2.24, 2.45) is 5.73 Å². The molecule has 0 heterocycles. The third-order valence-corrected chi connectivity index (χ3v) is 3.83. The summed E-state index contributed by atoms with van der Waals surface area (Å²) >= 11 is 0. The zero-order valence-electron chi connectivity index (χ0n) is 11.9.